The molecule has 2 N–H and O–H groups in total. The molecule has 0 saturated heterocycles. The largest absolute Gasteiger partial charge is 0.492 e. The van der Waals surface area contributed by atoms with Crippen LogP contribution >= 0.6 is 11.6 Å². The van der Waals surface area contributed by atoms with E-state index in [2.05, 4.69) is 20.6 Å². The molecule has 1 aromatic heterocycles. The fourth-order valence-electron chi connectivity index (χ4n) is 2.83. The zero-order chi connectivity index (χ0) is 22.4. The smallest absolute Gasteiger partial charge is 0.248 e. The molecule has 0 saturated carbocycles. The maximum atomic E-state index is 14.4. The lowest BCUT2D eigenvalue weighted by molar-refractivity contribution is -0.111. The van der Waals surface area contributed by atoms with E-state index in [-0.39, 0.29) is 16.6 Å². The molecule has 7 nitrogen and oxygen atoms in total. The highest BCUT2D eigenvalue weighted by atomic mass is 35.5. The molecule has 0 aliphatic heterocycles. The predicted octanol–water partition coefficient (Wildman–Crippen LogP) is 4.62. The van der Waals surface area contributed by atoms with Gasteiger partial charge in [-0.2, -0.15) is 0 Å². The first-order valence-corrected chi connectivity index (χ1v) is 10.0. The van der Waals surface area contributed by atoms with Crippen LogP contribution in [0.25, 0.3) is 10.9 Å². The van der Waals surface area contributed by atoms with Gasteiger partial charge in [-0.25, -0.2) is 14.4 Å². The summed E-state index contributed by atoms with van der Waals surface area (Å²) in [5, 5.41) is 6.36. The number of amides is 1. The molecule has 1 amide bonds. The van der Waals surface area contributed by atoms with E-state index >= 15 is 0 Å². The first-order chi connectivity index (χ1) is 14.9. The van der Waals surface area contributed by atoms with Crippen molar-refractivity contribution in [3.05, 3.63) is 59.7 Å². The van der Waals surface area contributed by atoms with Crippen molar-refractivity contribution < 1.29 is 13.9 Å². The minimum Gasteiger partial charge on any atom is -0.492 e. The van der Waals surface area contributed by atoms with Gasteiger partial charge in [0.2, 0.25) is 5.91 Å². The van der Waals surface area contributed by atoms with Gasteiger partial charge in [0.15, 0.2) is 5.82 Å². The van der Waals surface area contributed by atoms with E-state index in [4.69, 9.17) is 16.3 Å². The Hall–Kier alpha value is -3.23. The molecule has 0 bridgehead atoms. The van der Waals surface area contributed by atoms with Gasteiger partial charge in [-0.1, -0.05) is 23.7 Å². The third-order valence-electron chi connectivity index (χ3n) is 4.24. The van der Waals surface area contributed by atoms with Crippen LogP contribution in [0.1, 0.15) is 6.92 Å². The first kappa shape index (κ1) is 22.5. The van der Waals surface area contributed by atoms with Crippen molar-refractivity contribution in [1.82, 2.24) is 14.9 Å². The maximum Gasteiger partial charge on any atom is 0.248 e. The number of anilines is 3. The Morgan fingerprint density at radius 3 is 2.81 bits per heavy atom. The molecule has 3 rings (SSSR count). The summed E-state index contributed by atoms with van der Waals surface area (Å²) in [5.74, 6) is -0.0355. The molecule has 162 valence electrons. The second kappa shape index (κ2) is 10.2. The maximum absolute atomic E-state index is 14.4. The summed E-state index contributed by atoms with van der Waals surface area (Å²) in [7, 11) is 3.83. The van der Waals surface area contributed by atoms with Gasteiger partial charge in [0.05, 0.1) is 28.5 Å². The van der Waals surface area contributed by atoms with Crippen molar-refractivity contribution in [2.45, 2.75) is 6.92 Å². The Morgan fingerprint density at radius 2 is 2.06 bits per heavy atom. The summed E-state index contributed by atoms with van der Waals surface area (Å²) in [6, 6.07) is 8.06. The Morgan fingerprint density at radius 1 is 1.26 bits per heavy atom. The number of hydrogen-bond acceptors (Lipinski definition) is 6. The first-order valence-electron chi connectivity index (χ1n) is 9.64. The van der Waals surface area contributed by atoms with Gasteiger partial charge < -0.3 is 20.3 Å². The molecule has 1 heterocycles. The lowest BCUT2D eigenvalue weighted by atomic mass is 10.1. The molecular formula is C22H23ClFN5O2. The van der Waals surface area contributed by atoms with Gasteiger partial charge in [-0.05, 0) is 39.2 Å². The Kier molecular flexibility index (Phi) is 7.38. The van der Waals surface area contributed by atoms with Crippen LogP contribution < -0.4 is 15.4 Å². The standard InChI is InChI=1S/C22H23ClFN5O2/c1-4-31-19-12-17-14(11-18(19)27-20(30)9-6-10-29(2)3)22(26-13-25-17)28-16-8-5-7-15(23)21(16)24/h5-9,11-13H,4,10H2,1-3H3,(H,27,30)(H,25,26,28)/b9-6+. The molecule has 0 spiro atoms. The number of benzene rings is 2. The molecule has 0 aliphatic carbocycles. The molecule has 0 unspecified atom stereocenters. The number of nitrogens with zero attached hydrogens (tertiary/aromatic N) is 3. The van der Waals surface area contributed by atoms with Crippen molar-refractivity contribution >= 4 is 45.6 Å². The lowest BCUT2D eigenvalue weighted by Crippen LogP contribution is -2.13. The second-order valence-corrected chi connectivity index (χ2v) is 7.31. The van der Waals surface area contributed by atoms with Gasteiger partial charge >= 0.3 is 0 Å². The minimum absolute atomic E-state index is 0.000502. The SMILES string of the molecule is CCOc1cc2ncnc(Nc3cccc(Cl)c3F)c2cc1NC(=O)/C=C/CN(C)C. The van der Waals surface area contributed by atoms with Gasteiger partial charge in [0.25, 0.3) is 0 Å². The van der Waals surface area contributed by atoms with E-state index in [1.54, 1.807) is 30.3 Å². The normalized spacial score (nSPS) is 11.3. The van der Waals surface area contributed by atoms with Crippen LogP contribution in [-0.4, -0.2) is 48.0 Å². The van der Waals surface area contributed by atoms with E-state index in [0.717, 1.165) is 0 Å². The van der Waals surface area contributed by atoms with Crippen molar-refractivity contribution in [2.24, 2.45) is 0 Å². The zero-order valence-electron chi connectivity index (χ0n) is 17.4. The van der Waals surface area contributed by atoms with Gasteiger partial charge in [-0.3, -0.25) is 4.79 Å². The van der Waals surface area contributed by atoms with Crippen LogP contribution in [0.2, 0.25) is 5.02 Å². The fraction of sp³-hybridized carbons (Fsp3) is 0.227. The monoisotopic (exact) mass is 443 g/mol. The van der Waals surface area contributed by atoms with Crippen molar-refractivity contribution in [3.8, 4) is 5.75 Å². The van der Waals surface area contributed by atoms with Crippen LogP contribution in [0.5, 0.6) is 5.75 Å². The van der Waals surface area contributed by atoms with E-state index in [1.807, 2.05) is 25.9 Å². The minimum atomic E-state index is -0.582. The highest BCUT2D eigenvalue weighted by Crippen LogP contribution is 2.34. The van der Waals surface area contributed by atoms with Crippen LogP contribution in [-0.2, 0) is 4.79 Å². The summed E-state index contributed by atoms with van der Waals surface area (Å²) in [6.45, 7) is 2.90. The number of aromatic nitrogens is 2. The summed E-state index contributed by atoms with van der Waals surface area (Å²) >= 11 is 5.88. The molecule has 2 aromatic carbocycles. The number of ether oxygens (including phenoxy) is 1. The molecular weight excluding hydrogens is 421 g/mol. The molecule has 0 fully saturated rings. The highest BCUT2D eigenvalue weighted by Gasteiger charge is 2.14. The average Bonchev–Trinajstić information content (AvgIpc) is 2.72. The van der Waals surface area contributed by atoms with Crippen LogP contribution in [0.4, 0.5) is 21.6 Å². The van der Waals surface area contributed by atoms with E-state index in [0.29, 0.717) is 41.3 Å². The van der Waals surface area contributed by atoms with Gasteiger partial charge in [0.1, 0.15) is 17.9 Å². The number of rotatable bonds is 8. The number of carbonyl (C=O) groups is 1. The van der Waals surface area contributed by atoms with Crippen molar-refractivity contribution in [1.29, 1.82) is 0 Å². The Bertz CT molecular complexity index is 1120. The van der Waals surface area contributed by atoms with E-state index < -0.39 is 5.82 Å². The summed E-state index contributed by atoms with van der Waals surface area (Å²) in [5.41, 5.74) is 1.21. The topological polar surface area (TPSA) is 79.4 Å². The third-order valence-corrected chi connectivity index (χ3v) is 4.53. The van der Waals surface area contributed by atoms with Crippen molar-refractivity contribution in [3.63, 3.8) is 0 Å². The quantitative estimate of drug-likeness (QED) is 0.494. The predicted molar refractivity (Wildman–Crippen MR) is 122 cm³/mol. The summed E-state index contributed by atoms with van der Waals surface area (Å²) in [6.07, 6.45) is 4.59. The van der Waals surface area contributed by atoms with E-state index in [1.165, 1.54) is 18.5 Å². The van der Waals surface area contributed by atoms with Crippen molar-refractivity contribution in [2.75, 3.05) is 37.9 Å². The molecule has 31 heavy (non-hydrogen) atoms. The van der Waals surface area contributed by atoms with Crippen LogP contribution in [0, 0.1) is 5.82 Å². The highest BCUT2D eigenvalue weighted by molar-refractivity contribution is 6.31. The molecule has 0 atom stereocenters. The molecule has 0 aliphatic rings. The fourth-order valence-corrected chi connectivity index (χ4v) is 3.00. The third kappa shape index (κ3) is 5.68. The number of likely N-dealkylation sites (N-methyl/N-ethyl adjacent to an activating group) is 1. The second-order valence-electron chi connectivity index (χ2n) is 6.90. The number of halogens is 2. The van der Waals surface area contributed by atoms with Crippen LogP contribution in [0.3, 0.4) is 0 Å². The van der Waals surface area contributed by atoms with E-state index in [9.17, 15) is 9.18 Å². The number of hydrogen-bond donors (Lipinski definition) is 2. The number of fused-ring (bicyclic) bond motifs is 1. The molecule has 3 aromatic rings. The zero-order valence-corrected chi connectivity index (χ0v) is 18.2. The molecule has 9 heteroatoms. The number of nitrogens with one attached hydrogen (secondary N) is 2. The van der Waals surface area contributed by atoms with Crippen LogP contribution in [0.15, 0.2) is 48.8 Å². The summed E-state index contributed by atoms with van der Waals surface area (Å²) in [4.78, 5) is 22.8. The Balaban J connectivity index is 1.98. The summed E-state index contributed by atoms with van der Waals surface area (Å²) < 4.78 is 20.0. The molecule has 0 radical (unpaired) electrons. The Labute approximate surface area is 184 Å². The average molecular weight is 444 g/mol. The van der Waals surface area contributed by atoms with Gasteiger partial charge in [-0.15, -0.1) is 0 Å². The number of carbonyl (C=O) groups excluding carboxylic acids is 1. The lowest BCUT2D eigenvalue weighted by Gasteiger charge is -2.14. The van der Waals surface area contributed by atoms with Gasteiger partial charge in [0, 0.05) is 24.1 Å².